The van der Waals surface area contributed by atoms with Crippen LogP contribution in [-0.4, -0.2) is 16.3 Å². The Morgan fingerprint density at radius 3 is 2.71 bits per heavy atom. The van der Waals surface area contributed by atoms with E-state index < -0.39 is 0 Å². The Kier molecular flexibility index (Phi) is 3.24. The van der Waals surface area contributed by atoms with Crippen molar-refractivity contribution in [3.63, 3.8) is 0 Å². The fourth-order valence-electron chi connectivity index (χ4n) is 2.01. The molecule has 0 saturated carbocycles. The van der Waals surface area contributed by atoms with Crippen molar-refractivity contribution in [3.05, 3.63) is 47.0 Å². The van der Waals surface area contributed by atoms with Gasteiger partial charge in [0, 0.05) is 11.3 Å². The van der Waals surface area contributed by atoms with Crippen LogP contribution in [0.3, 0.4) is 0 Å². The first-order chi connectivity index (χ1) is 8.13. The maximum Gasteiger partial charge on any atom is 0.128 e. The second-order valence-electron chi connectivity index (χ2n) is 4.12. The van der Waals surface area contributed by atoms with Gasteiger partial charge in [-0.25, -0.2) is 9.07 Å². The van der Waals surface area contributed by atoms with Gasteiger partial charge in [-0.1, -0.05) is 6.07 Å². The monoisotopic (exact) mass is 233 g/mol. The van der Waals surface area contributed by atoms with Crippen LogP contribution in [0.2, 0.25) is 0 Å². The molecule has 0 aliphatic rings. The summed E-state index contributed by atoms with van der Waals surface area (Å²) < 4.78 is 15.5. The molecule has 0 atom stereocenters. The Morgan fingerprint density at radius 1 is 1.35 bits per heavy atom. The molecule has 0 radical (unpaired) electrons. The van der Waals surface area contributed by atoms with Gasteiger partial charge in [0.25, 0.3) is 0 Å². The molecule has 2 aromatic rings. The van der Waals surface area contributed by atoms with Gasteiger partial charge >= 0.3 is 0 Å². The maximum atomic E-state index is 13.8. The molecule has 1 heterocycles. The molecule has 4 heteroatoms. The third kappa shape index (κ3) is 2.22. The van der Waals surface area contributed by atoms with E-state index in [2.05, 4.69) is 5.10 Å². The quantitative estimate of drug-likeness (QED) is 0.882. The van der Waals surface area contributed by atoms with Crippen LogP contribution in [-0.2, 0) is 6.42 Å². The molecule has 0 bridgehead atoms. The number of nitrogens with zero attached hydrogens (tertiary/aromatic N) is 2. The Labute approximate surface area is 100 Å². The van der Waals surface area contributed by atoms with Crippen molar-refractivity contribution in [3.8, 4) is 5.69 Å². The molecule has 17 heavy (non-hydrogen) atoms. The zero-order chi connectivity index (χ0) is 12.4. The minimum absolute atomic E-state index is 0.222. The molecule has 2 rings (SSSR count). The zero-order valence-electron chi connectivity index (χ0n) is 10.1. The fraction of sp³-hybridized carbons (Fsp3) is 0.308. The Balaban J connectivity index is 2.58. The number of aryl methyl sites for hydroxylation is 2. The summed E-state index contributed by atoms with van der Waals surface area (Å²) in [6, 6.07) is 6.99. The summed E-state index contributed by atoms with van der Waals surface area (Å²) in [5.74, 6) is -0.222. The van der Waals surface area contributed by atoms with E-state index in [1.165, 1.54) is 6.07 Å². The summed E-state index contributed by atoms with van der Waals surface area (Å²) in [5, 5.41) is 4.37. The zero-order valence-corrected chi connectivity index (χ0v) is 10.1. The normalized spacial score (nSPS) is 10.8. The SMILES string of the molecule is Cc1cc(C)n(-c2cccc(F)c2CCN)n1. The molecule has 0 fully saturated rings. The summed E-state index contributed by atoms with van der Waals surface area (Å²) in [5.41, 5.74) is 8.84. The van der Waals surface area contributed by atoms with Gasteiger partial charge in [-0.15, -0.1) is 0 Å². The summed E-state index contributed by atoms with van der Waals surface area (Å²) in [7, 11) is 0. The average molecular weight is 233 g/mol. The largest absolute Gasteiger partial charge is 0.330 e. The van der Waals surface area contributed by atoms with Gasteiger partial charge in [-0.2, -0.15) is 5.10 Å². The number of hydrogen-bond donors (Lipinski definition) is 1. The van der Waals surface area contributed by atoms with Crippen LogP contribution in [0.4, 0.5) is 4.39 Å². The van der Waals surface area contributed by atoms with Crippen LogP contribution in [0, 0.1) is 19.7 Å². The topological polar surface area (TPSA) is 43.8 Å². The Bertz CT molecular complexity index is 531. The van der Waals surface area contributed by atoms with E-state index in [1.807, 2.05) is 26.0 Å². The molecule has 0 aliphatic carbocycles. The lowest BCUT2D eigenvalue weighted by atomic mass is 10.1. The Morgan fingerprint density at radius 2 is 2.12 bits per heavy atom. The minimum Gasteiger partial charge on any atom is -0.330 e. The van der Waals surface area contributed by atoms with Crippen molar-refractivity contribution in [2.75, 3.05) is 6.54 Å². The average Bonchev–Trinajstić information content (AvgIpc) is 2.61. The first-order valence-corrected chi connectivity index (χ1v) is 5.64. The number of aromatic nitrogens is 2. The van der Waals surface area contributed by atoms with Gasteiger partial charge in [0.05, 0.1) is 11.4 Å². The van der Waals surface area contributed by atoms with E-state index >= 15 is 0 Å². The van der Waals surface area contributed by atoms with Crippen LogP contribution in [0.25, 0.3) is 5.69 Å². The molecule has 90 valence electrons. The molecule has 1 aromatic heterocycles. The summed E-state index contributed by atoms with van der Waals surface area (Å²) in [6.07, 6.45) is 0.514. The van der Waals surface area contributed by atoms with Gasteiger partial charge in [0.15, 0.2) is 0 Å². The van der Waals surface area contributed by atoms with Crippen LogP contribution >= 0.6 is 0 Å². The highest BCUT2D eigenvalue weighted by atomic mass is 19.1. The predicted molar refractivity (Wildman–Crippen MR) is 65.8 cm³/mol. The lowest BCUT2D eigenvalue weighted by molar-refractivity contribution is 0.605. The van der Waals surface area contributed by atoms with Gasteiger partial charge in [-0.3, -0.25) is 0 Å². The molecule has 0 spiro atoms. The lowest BCUT2D eigenvalue weighted by Gasteiger charge is -2.11. The molecule has 0 aliphatic heterocycles. The minimum atomic E-state index is -0.222. The second kappa shape index (κ2) is 4.67. The predicted octanol–water partition coefficient (Wildman–Crippen LogP) is 2.13. The highest BCUT2D eigenvalue weighted by Crippen LogP contribution is 2.20. The standard InChI is InChI=1S/C13H16FN3/c1-9-8-10(2)17(16-9)13-5-3-4-12(14)11(13)6-7-15/h3-5,8H,6-7,15H2,1-2H3. The van der Waals surface area contributed by atoms with Gasteiger partial charge in [-0.05, 0) is 45.0 Å². The highest BCUT2D eigenvalue weighted by molar-refractivity contribution is 5.43. The molecule has 0 unspecified atom stereocenters. The van der Waals surface area contributed by atoms with Crippen LogP contribution in [0.15, 0.2) is 24.3 Å². The number of hydrogen-bond acceptors (Lipinski definition) is 2. The number of halogens is 1. The van der Waals surface area contributed by atoms with Gasteiger partial charge < -0.3 is 5.73 Å². The van der Waals surface area contributed by atoms with Crippen molar-refractivity contribution >= 4 is 0 Å². The van der Waals surface area contributed by atoms with Gasteiger partial charge in [0.2, 0.25) is 0 Å². The van der Waals surface area contributed by atoms with Crippen LogP contribution in [0.5, 0.6) is 0 Å². The van der Waals surface area contributed by atoms with Crippen molar-refractivity contribution in [1.29, 1.82) is 0 Å². The molecule has 0 saturated heterocycles. The number of benzene rings is 1. The first kappa shape index (κ1) is 11.8. The van der Waals surface area contributed by atoms with E-state index in [0.29, 0.717) is 18.5 Å². The second-order valence-corrected chi connectivity index (χ2v) is 4.12. The molecular weight excluding hydrogens is 217 g/mol. The van der Waals surface area contributed by atoms with E-state index in [4.69, 9.17) is 5.73 Å². The van der Waals surface area contributed by atoms with Crippen molar-refractivity contribution in [2.45, 2.75) is 20.3 Å². The smallest absolute Gasteiger partial charge is 0.128 e. The van der Waals surface area contributed by atoms with Crippen molar-refractivity contribution < 1.29 is 4.39 Å². The molecule has 0 amide bonds. The number of rotatable bonds is 3. The molecular formula is C13H16FN3. The highest BCUT2D eigenvalue weighted by Gasteiger charge is 2.12. The maximum absolute atomic E-state index is 13.8. The third-order valence-corrected chi connectivity index (χ3v) is 2.73. The Hall–Kier alpha value is -1.68. The van der Waals surface area contributed by atoms with E-state index in [9.17, 15) is 4.39 Å². The summed E-state index contributed by atoms with van der Waals surface area (Å²) in [6.45, 7) is 4.30. The number of nitrogens with two attached hydrogens (primary N) is 1. The van der Waals surface area contributed by atoms with Crippen molar-refractivity contribution in [1.82, 2.24) is 9.78 Å². The molecule has 1 aromatic carbocycles. The summed E-state index contributed by atoms with van der Waals surface area (Å²) >= 11 is 0. The van der Waals surface area contributed by atoms with Crippen LogP contribution in [0.1, 0.15) is 17.0 Å². The van der Waals surface area contributed by atoms with Crippen LogP contribution < -0.4 is 5.73 Å². The van der Waals surface area contributed by atoms with E-state index in [1.54, 1.807) is 10.7 Å². The molecule has 3 nitrogen and oxygen atoms in total. The fourth-order valence-corrected chi connectivity index (χ4v) is 2.01. The van der Waals surface area contributed by atoms with E-state index in [0.717, 1.165) is 17.1 Å². The third-order valence-electron chi connectivity index (χ3n) is 2.73. The lowest BCUT2D eigenvalue weighted by Crippen LogP contribution is -2.10. The van der Waals surface area contributed by atoms with E-state index in [-0.39, 0.29) is 5.82 Å². The molecule has 2 N–H and O–H groups in total. The van der Waals surface area contributed by atoms with Crippen molar-refractivity contribution in [2.24, 2.45) is 5.73 Å². The first-order valence-electron chi connectivity index (χ1n) is 5.64. The summed E-state index contributed by atoms with van der Waals surface area (Å²) in [4.78, 5) is 0. The van der Waals surface area contributed by atoms with Gasteiger partial charge in [0.1, 0.15) is 5.82 Å².